The van der Waals surface area contributed by atoms with E-state index in [0.29, 0.717) is 20.6 Å². The van der Waals surface area contributed by atoms with Gasteiger partial charge in [0, 0.05) is 10.2 Å². The first kappa shape index (κ1) is 22.2. The highest BCUT2D eigenvalue weighted by Gasteiger charge is 2.31. The zero-order chi connectivity index (χ0) is 22.8. The van der Waals surface area contributed by atoms with Crippen molar-refractivity contribution in [3.8, 4) is 5.75 Å². The molecule has 0 unspecified atom stereocenters. The summed E-state index contributed by atoms with van der Waals surface area (Å²) in [6, 6.07) is 14.5. The molecule has 1 aliphatic rings. The number of thiazole rings is 1. The van der Waals surface area contributed by atoms with E-state index in [9.17, 15) is 9.59 Å². The molecule has 32 heavy (non-hydrogen) atoms. The third-order valence-corrected chi connectivity index (χ3v) is 6.65. The number of carbonyl (C=O) groups excluding carboxylic acids is 1. The van der Waals surface area contributed by atoms with Crippen molar-refractivity contribution in [3.05, 3.63) is 89.4 Å². The van der Waals surface area contributed by atoms with Gasteiger partial charge in [-0.2, -0.15) is 0 Å². The van der Waals surface area contributed by atoms with Crippen LogP contribution in [0.15, 0.2) is 68.4 Å². The van der Waals surface area contributed by atoms with Crippen LogP contribution in [0.1, 0.15) is 31.0 Å². The monoisotopic (exact) mass is 512 g/mol. The Morgan fingerprint density at radius 1 is 1.19 bits per heavy atom. The Hall–Kier alpha value is -2.97. The lowest BCUT2D eigenvalue weighted by Crippen LogP contribution is -2.35. The Bertz CT molecular complexity index is 1370. The van der Waals surface area contributed by atoms with E-state index in [1.54, 1.807) is 21.0 Å². The van der Waals surface area contributed by atoms with Crippen LogP contribution in [0.2, 0.25) is 0 Å². The smallest absolute Gasteiger partial charge is 0.338 e. The first-order chi connectivity index (χ1) is 15.4. The number of hydrogen-bond donors (Lipinski definition) is 0. The Morgan fingerprint density at radius 2 is 1.88 bits per heavy atom. The fourth-order valence-corrected chi connectivity index (χ4v) is 4.86. The van der Waals surface area contributed by atoms with Gasteiger partial charge in [-0.25, -0.2) is 9.79 Å². The lowest BCUT2D eigenvalue weighted by Gasteiger charge is -2.22. The number of nitrogens with zero attached hydrogens (tertiary/aromatic N) is 2. The van der Waals surface area contributed by atoms with E-state index < -0.39 is 12.0 Å². The predicted molar refractivity (Wildman–Crippen MR) is 128 cm³/mol. The van der Waals surface area contributed by atoms with Crippen LogP contribution >= 0.6 is 27.3 Å². The normalized spacial score (nSPS) is 15.9. The van der Waals surface area contributed by atoms with Crippen molar-refractivity contribution in [1.29, 1.82) is 0 Å². The molecule has 1 aliphatic heterocycles. The second-order valence-electron chi connectivity index (χ2n) is 7.11. The first-order valence-electron chi connectivity index (χ1n) is 10.0. The third kappa shape index (κ3) is 4.20. The van der Waals surface area contributed by atoms with Crippen LogP contribution in [-0.4, -0.2) is 24.3 Å². The number of methoxy groups -OCH3 is 1. The summed E-state index contributed by atoms with van der Waals surface area (Å²) in [4.78, 5) is 31.4. The average molecular weight is 513 g/mol. The van der Waals surface area contributed by atoms with E-state index in [-0.39, 0.29) is 12.2 Å². The number of carbonyl (C=O) groups is 1. The second-order valence-corrected chi connectivity index (χ2v) is 9.03. The minimum atomic E-state index is -0.547. The molecule has 0 bridgehead atoms. The SMILES string of the molecule is CCOC(=O)C1=C(C)n2c(s/c(=C\c3ccc(OC)cc3)c2=O)=N[C@@H]1c1ccc(Br)cc1. The van der Waals surface area contributed by atoms with Crippen LogP contribution in [0.3, 0.4) is 0 Å². The maximum Gasteiger partial charge on any atom is 0.338 e. The summed E-state index contributed by atoms with van der Waals surface area (Å²) in [6.07, 6.45) is 1.82. The van der Waals surface area contributed by atoms with Gasteiger partial charge in [0.2, 0.25) is 0 Å². The fourth-order valence-electron chi connectivity index (χ4n) is 3.56. The number of fused-ring (bicyclic) bond motifs is 1. The molecule has 1 aromatic heterocycles. The van der Waals surface area contributed by atoms with Gasteiger partial charge in [0.05, 0.1) is 23.8 Å². The van der Waals surface area contributed by atoms with Gasteiger partial charge in [0.15, 0.2) is 4.80 Å². The number of halogens is 1. The van der Waals surface area contributed by atoms with Crippen LogP contribution in [0.5, 0.6) is 5.75 Å². The Morgan fingerprint density at radius 3 is 2.50 bits per heavy atom. The minimum absolute atomic E-state index is 0.210. The van der Waals surface area contributed by atoms with E-state index in [2.05, 4.69) is 15.9 Å². The molecule has 8 heteroatoms. The van der Waals surface area contributed by atoms with Crippen LogP contribution in [-0.2, 0) is 9.53 Å². The Labute approximate surface area is 197 Å². The Balaban J connectivity index is 1.90. The maximum absolute atomic E-state index is 13.2. The van der Waals surface area contributed by atoms with E-state index in [1.165, 1.54) is 15.9 Å². The summed E-state index contributed by atoms with van der Waals surface area (Å²) in [7, 11) is 1.61. The molecule has 0 N–H and O–H groups in total. The molecule has 0 saturated carbocycles. The summed E-state index contributed by atoms with van der Waals surface area (Å²) in [6.45, 7) is 3.76. The molecule has 164 valence electrons. The summed E-state index contributed by atoms with van der Waals surface area (Å²) < 4.78 is 13.5. The quantitative estimate of drug-likeness (QED) is 0.489. The third-order valence-electron chi connectivity index (χ3n) is 5.14. The standard InChI is InChI=1S/C24H21BrN2O4S/c1-4-31-23(29)20-14(2)27-22(28)19(13-15-5-11-18(30-3)12-6-15)32-24(27)26-21(20)16-7-9-17(25)10-8-16/h5-13,21H,4H2,1-3H3/b19-13-/t21-/m1/s1. The van der Waals surface area contributed by atoms with Crippen molar-refractivity contribution in [2.24, 2.45) is 4.99 Å². The average Bonchev–Trinajstić information content (AvgIpc) is 3.10. The molecule has 4 rings (SSSR count). The van der Waals surface area contributed by atoms with Gasteiger partial charge in [-0.05, 0) is 55.3 Å². The molecule has 0 fully saturated rings. The number of ether oxygens (including phenoxy) is 2. The van der Waals surface area contributed by atoms with Crippen molar-refractivity contribution in [1.82, 2.24) is 4.57 Å². The van der Waals surface area contributed by atoms with Crippen LogP contribution in [0.4, 0.5) is 0 Å². The van der Waals surface area contributed by atoms with E-state index in [4.69, 9.17) is 14.5 Å². The second kappa shape index (κ2) is 9.26. The van der Waals surface area contributed by atoms with Crippen molar-refractivity contribution in [2.45, 2.75) is 19.9 Å². The zero-order valence-corrected chi connectivity index (χ0v) is 20.2. The largest absolute Gasteiger partial charge is 0.497 e. The van der Waals surface area contributed by atoms with Crippen molar-refractivity contribution in [3.63, 3.8) is 0 Å². The summed E-state index contributed by atoms with van der Waals surface area (Å²) in [5, 5.41) is 0. The van der Waals surface area contributed by atoms with E-state index >= 15 is 0 Å². The number of benzene rings is 2. The highest BCUT2D eigenvalue weighted by molar-refractivity contribution is 9.10. The van der Waals surface area contributed by atoms with Crippen LogP contribution in [0, 0.1) is 0 Å². The highest BCUT2D eigenvalue weighted by Crippen LogP contribution is 2.32. The number of rotatable bonds is 5. The van der Waals surface area contributed by atoms with E-state index in [1.807, 2.05) is 54.6 Å². The molecule has 3 aromatic rings. The van der Waals surface area contributed by atoms with Gasteiger partial charge in [-0.1, -0.05) is 51.5 Å². The van der Waals surface area contributed by atoms with Crippen LogP contribution < -0.4 is 19.6 Å². The molecule has 0 aliphatic carbocycles. The number of aromatic nitrogens is 1. The summed E-state index contributed by atoms with van der Waals surface area (Å²) in [5.41, 5.74) is 2.43. The van der Waals surface area contributed by atoms with Gasteiger partial charge < -0.3 is 9.47 Å². The highest BCUT2D eigenvalue weighted by atomic mass is 79.9. The number of hydrogen-bond acceptors (Lipinski definition) is 6. The predicted octanol–water partition coefficient (Wildman–Crippen LogP) is 3.68. The molecule has 0 spiro atoms. The molecule has 1 atom stereocenters. The molecule has 0 radical (unpaired) electrons. The first-order valence-corrected chi connectivity index (χ1v) is 11.6. The Kier molecular flexibility index (Phi) is 6.43. The zero-order valence-electron chi connectivity index (χ0n) is 17.8. The number of esters is 1. The van der Waals surface area contributed by atoms with Crippen molar-refractivity contribution >= 4 is 45.0 Å². The molecule has 2 heterocycles. The van der Waals surface area contributed by atoms with E-state index in [0.717, 1.165) is 21.3 Å². The maximum atomic E-state index is 13.2. The topological polar surface area (TPSA) is 69.9 Å². The minimum Gasteiger partial charge on any atom is -0.497 e. The molecular weight excluding hydrogens is 492 g/mol. The summed E-state index contributed by atoms with van der Waals surface area (Å²) in [5.74, 6) is 0.278. The molecular formula is C24H21BrN2O4S. The van der Waals surface area contributed by atoms with Crippen molar-refractivity contribution < 1.29 is 14.3 Å². The van der Waals surface area contributed by atoms with Crippen LogP contribution in [0.25, 0.3) is 11.8 Å². The lowest BCUT2D eigenvalue weighted by molar-refractivity contribution is -0.138. The molecule has 6 nitrogen and oxygen atoms in total. The van der Waals surface area contributed by atoms with Gasteiger partial charge in [0.1, 0.15) is 11.8 Å². The van der Waals surface area contributed by atoms with Gasteiger partial charge >= 0.3 is 5.97 Å². The van der Waals surface area contributed by atoms with Crippen molar-refractivity contribution in [2.75, 3.05) is 13.7 Å². The lowest BCUT2D eigenvalue weighted by atomic mass is 9.97. The van der Waals surface area contributed by atoms with Gasteiger partial charge in [-0.3, -0.25) is 9.36 Å². The number of allylic oxidation sites excluding steroid dienone is 1. The van der Waals surface area contributed by atoms with Gasteiger partial charge in [-0.15, -0.1) is 0 Å². The molecule has 0 saturated heterocycles. The molecule has 0 amide bonds. The van der Waals surface area contributed by atoms with Gasteiger partial charge in [0.25, 0.3) is 5.56 Å². The molecule has 2 aromatic carbocycles. The fraction of sp³-hybridized carbons (Fsp3) is 0.208. The summed E-state index contributed by atoms with van der Waals surface area (Å²) >= 11 is 4.74.